The predicted octanol–water partition coefficient (Wildman–Crippen LogP) is 3.25. The molecule has 1 aromatic heterocycles. The van der Waals surface area contributed by atoms with Gasteiger partial charge < -0.3 is 0 Å². The van der Waals surface area contributed by atoms with Crippen LogP contribution in [0.25, 0.3) is 10.9 Å². The standard InChI is InChI=1S/C10H6F3N/c11-10(12,13)9-6-5-7-3-1-2-4-8(7)14-9/h1-6H/i1D. The number of alkyl halides is 3. The molecule has 14 heavy (non-hydrogen) atoms. The van der Waals surface area contributed by atoms with E-state index in [-0.39, 0.29) is 11.6 Å². The number of rotatable bonds is 0. The molecule has 0 N–H and O–H groups in total. The number of halogens is 3. The van der Waals surface area contributed by atoms with Gasteiger partial charge in [-0.15, -0.1) is 0 Å². The highest BCUT2D eigenvalue weighted by Crippen LogP contribution is 2.28. The Labute approximate surface area is 79.6 Å². The summed E-state index contributed by atoms with van der Waals surface area (Å²) < 4.78 is 44.2. The number of hydrogen-bond donors (Lipinski definition) is 0. The molecule has 0 fully saturated rings. The minimum absolute atomic E-state index is 0.251. The highest BCUT2D eigenvalue weighted by Gasteiger charge is 2.32. The lowest BCUT2D eigenvalue weighted by atomic mass is 10.2. The van der Waals surface area contributed by atoms with Gasteiger partial charge in [-0.1, -0.05) is 24.2 Å². The average molecular weight is 198 g/mol. The quantitative estimate of drug-likeness (QED) is 0.633. The zero-order valence-corrected chi connectivity index (χ0v) is 6.97. The van der Waals surface area contributed by atoms with Crippen LogP contribution in [0.4, 0.5) is 13.2 Å². The van der Waals surface area contributed by atoms with Crippen molar-refractivity contribution in [2.45, 2.75) is 6.18 Å². The van der Waals surface area contributed by atoms with Gasteiger partial charge in [0, 0.05) is 5.39 Å². The Hall–Kier alpha value is -1.58. The second-order valence-corrected chi connectivity index (χ2v) is 2.81. The van der Waals surface area contributed by atoms with E-state index in [2.05, 4.69) is 4.98 Å². The molecule has 4 heteroatoms. The van der Waals surface area contributed by atoms with Crippen LogP contribution in [0.15, 0.2) is 36.4 Å². The van der Waals surface area contributed by atoms with Gasteiger partial charge in [-0.25, -0.2) is 4.98 Å². The molecule has 0 atom stereocenters. The Balaban J connectivity index is 2.62. The molecule has 0 bridgehead atoms. The molecular weight excluding hydrogens is 191 g/mol. The first-order valence-corrected chi connectivity index (χ1v) is 3.91. The van der Waals surface area contributed by atoms with E-state index in [4.69, 9.17) is 1.37 Å². The molecular formula is C10H6F3N. The molecule has 0 aliphatic rings. The first-order valence-electron chi connectivity index (χ1n) is 4.41. The van der Waals surface area contributed by atoms with Crippen LogP contribution in [-0.4, -0.2) is 4.98 Å². The summed E-state index contributed by atoms with van der Waals surface area (Å²) in [6.07, 6.45) is -4.42. The number of para-hydroxylation sites is 1. The SMILES string of the molecule is [2H]c1ccc2nc(C(F)(F)F)ccc2c1. The van der Waals surface area contributed by atoms with Crippen molar-refractivity contribution < 1.29 is 14.5 Å². The Bertz CT molecular complexity index is 507. The number of pyridine rings is 1. The molecule has 1 heterocycles. The Morgan fingerprint density at radius 3 is 2.64 bits per heavy atom. The van der Waals surface area contributed by atoms with E-state index >= 15 is 0 Å². The molecule has 0 saturated carbocycles. The first kappa shape index (κ1) is 7.79. The van der Waals surface area contributed by atoms with Crippen LogP contribution < -0.4 is 0 Å². The van der Waals surface area contributed by atoms with Gasteiger partial charge in [0.1, 0.15) is 5.69 Å². The third kappa shape index (κ3) is 1.55. The van der Waals surface area contributed by atoms with E-state index in [9.17, 15) is 13.2 Å². The summed E-state index contributed by atoms with van der Waals surface area (Å²) in [6.45, 7) is 0. The molecule has 0 radical (unpaired) electrons. The van der Waals surface area contributed by atoms with Crippen LogP contribution in [0.5, 0.6) is 0 Å². The molecule has 72 valence electrons. The van der Waals surface area contributed by atoms with E-state index in [1.807, 2.05) is 0 Å². The maximum atomic E-state index is 12.3. The number of hydrogen-bond acceptors (Lipinski definition) is 1. The Kier molecular flexibility index (Phi) is 1.65. The lowest BCUT2D eigenvalue weighted by Gasteiger charge is -2.05. The van der Waals surface area contributed by atoms with E-state index in [1.54, 1.807) is 0 Å². The van der Waals surface area contributed by atoms with Crippen LogP contribution in [-0.2, 0) is 6.18 Å². The largest absolute Gasteiger partial charge is 0.433 e. The monoisotopic (exact) mass is 198 g/mol. The molecule has 2 rings (SSSR count). The third-order valence-corrected chi connectivity index (χ3v) is 1.82. The minimum Gasteiger partial charge on any atom is -0.243 e. The summed E-state index contributed by atoms with van der Waals surface area (Å²) in [5.74, 6) is 0. The van der Waals surface area contributed by atoms with Gasteiger partial charge in [-0.3, -0.25) is 0 Å². The molecule has 0 aliphatic heterocycles. The lowest BCUT2D eigenvalue weighted by molar-refractivity contribution is -0.140. The fraction of sp³-hybridized carbons (Fsp3) is 0.100. The molecule has 0 spiro atoms. The van der Waals surface area contributed by atoms with Gasteiger partial charge in [0.2, 0.25) is 0 Å². The van der Waals surface area contributed by atoms with Gasteiger partial charge in [0.05, 0.1) is 6.89 Å². The lowest BCUT2D eigenvalue weighted by Crippen LogP contribution is -2.07. The fourth-order valence-electron chi connectivity index (χ4n) is 1.16. The molecule has 1 aromatic carbocycles. The van der Waals surface area contributed by atoms with Crippen molar-refractivity contribution in [1.82, 2.24) is 4.98 Å². The van der Waals surface area contributed by atoms with Gasteiger partial charge in [0.25, 0.3) is 0 Å². The van der Waals surface area contributed by atoms with E-state index in [0.717, 1.165) is 6.07 Å². The van der Waals surface area contributed by atoms with Crippen LogP contribution in [0.2, 0.25) is 0 Å². The molecule has 0 saturated heterocycles. The second kappa shape index (κ2) is 2.97. The van der Waals surface area contributed by atoms with Gasteiger partial charge in [0.15, 0.2) is 0 Å². The van der Waals surface area contributed by atoms with Gasteiger partial charge >= 0.3 is 6.18 Å². The number of nitrogens with zero attached hydrogens (tertiary/aromatic N) is 1. The molecule has 0 amide bonds. The van der Waals surface area contributed by atoms with E-state index < -0.39 is 11.9 Å². The number of benzene rings is 1. The number of fused-ring (bicyclic) bond motifs is 1. The van der Waals surface area contributed by atoms with Crippen molar-refractivity contribution in [2.24, 2.45) is 0 Å². The van der Waals surface area contributed by atoms with Crippen LogP contribution in [0, 0.1) is 0 Å². The maximum absolute atomic E-state index is 12.3. The minimum atomic E-state index is -4.42. The van der Waals surface area contributed by atoms with Crippen LogP contribution in [0.3, 0.4) is 0 Å². The van der Waals surface area contributed by atoms with Crippen molar-refractivity contribution in [3.8, 4) is 0 Å². The van der Waals surface area contributed by atoms with Crippen LogP contribution >= 0.6 is 0 Å². The van der Waals surface area contributed by atoms with Crippen molar-refractivity contribution in [3.63, 3.8) is 0 Å². The third-order valence-electron chi connectivity index (χ3n) is 1.82. The normalized spacial score (nSPS) is 12.9. The maximum Gasteiger partial charge on any atom is 0.433 e. The highest BCUT2D eigenvalue weighted by atomic mass is 19.4. The summed E-state index contributed by atoms with van der Waals surface area (Å²) in [4.78, 5) is 3.48. The van der Waals surface area contributed by atoms with Crippen LogP contribution in [0.1, 0.15) is 7.06 Å². The van der Waals surface area contributed by atoms with Gasteiger partial charge in [-0.2, -0.15) is 13.2 Å². The van der Waals surface area contributed by atoms with E-state index in [1.165, 1.54) is 24.3 Å². The summed E-state index contributed by atoms with van der Waals surface area (Å²) >= 11 is 0. The highest BCUT2D eigenvalue weighted by molar-refractivity contribution is 5.78. The zero-order valence-electron chi connectivity index (χ0n) is 7.97. The smallest absolute Gasteiger partial charge is 0.243 e. The Morgan fingerprint density at radius 2 is 1.93 bits per heavy atom. The fourth-order valence-corrected chi connectivity index (χ4v) is 1.16. The summed E-state index contributed by atoms with van der Waals surface area (Å²) in [7, 11) is 0. The van der Waals surface area contributed by atoms with Crippen molar-refractivity contribution in [2.75, 3.05) is 0 Å². The summed E-state index contributed by atoms with van der Waals surface area (Å²) in [5.41, 5.74) is -0.659. The molecule has 2 aromatic rings. The number of aromatic nitrogens is 1. The summed E-state index contributed by atoms with van der Waals surface area (Å²) in [5, 5.41) is 0.538. The molecule has 0 unspecified atom stereocenters. The first-order chi connectivity index (χ1) is 6.97. The summed E-state index contributed by atoms with van der Waals surface area (Å²) in [6, 6.07) is 6.79. The van der Waals surface area contributed by atoms with Crippen molar-refractivity contribution >= 4 is 10.9 Å². The molecule has 1 nitrogen and oxygen atoms in total. The average Bonchev–Trinajstić information content (AvgIpc) is 2.15. The van der Waals surface area contributed by atoms with Crippen molar-refractivity contribution in [1.29, 1.82) is 0 Å². The topological polar surface area (TPSA) is 12.9 Å². The zero-order chi connectivity index (χ0) is 11.1. The predicted molar refractivity (Wildman–Crippen MR) is 46.7 cm³/mol. The van der Waals surface area contributed by atoms with Crippen molar-refractivity contribution in [3.05, 3.63) is 42.1 Å². The van der Waals surface area contributed by atoms with E-state index in [0.29, 0.717) is 5.39 Å². The Morgan fingerprint density at radius 1 is 1.14 bits per heavy atom. The van der Waals surface area contributed by atoms with Gasteiger partial charge in [-0.05, 0) is 12.1 Å². The molecule has 0 aliphatic carbocycles. The second-order valence-electron chi connectivity index (χ2n) is 2.81.